The third-order valence-electron chi connectivity index (χ3n) is 2.90. The predicted octanol–water partition coefficient (Wildman–Crippen LogP) is 0.295. The van der Waals surface area contributed by atoms with Crippen LogP contribution in [0.2, 0.25) is 0 Å². The van der Waals surface area contributed by atoms with E-state index in [-0.39, 0.29) is 16.6 Å². The van der Waals surface area contributed by atoms with Gasteiger partial charge in [-0.3, -0.25) is 0 Å². The summed E-state index contributed by atoms with van der Waals surface area (Å²) in [5.41, 5.74) is 5.58. The quantitative estimate of drug-likeness (QED) is 0.589. The highest BCUT2D eigenvalue weighted by atomic mass is 16.5. The molecule has 74 valence electrons. The Bertz CT molecular complexity index is 116. The number of nitrogens with two attached hydrogens (primary N) is 1. The van der Waals surface area contributed by atoms with Crippen LogP contribution in [0, 0.1) is 5.21 Å². The second kappa shape index (κ2) is 4.80. The van der Waals surface area contributed by atoms with E-state index in [1.807, 2.05) is 13.8 Å². The molecule has 0 saturated carbocycles. The van der Waals surface area contributed by atoms with E-state index in [1.54, 1.807) is 7.05 Å². The van der Waals surface area contributed by atoms with Crippen molar-refractivity contribution in [3.8, 4) is 0 Å². The fourth-order valence-corrected chi connectivity index (χ4v) is 1.92. The average molecular weight is 174 g/mol. The molecule has 0 aliphatic carbocycles. The molecule has 0 spiro atoms. The van der Waals surface area contributed by atoms with Crippen LogP contribution < -0.4 is 10.8 Å². The lowest BCUT2D eigenvalue weighted by atomic mass is 9.84. The van der Waals surface area contributed by atoms with Crippen molar-refractivity contribution >= 4 is 0 Å². The van der Waals surface area contributed by atoms with E-state index in [2.05, 4.69) is 6.92 Å². The van der Waals surface area contributed by atoms with Crippen LogP contribution in [0.15, 0.2) is 0 Å². The lowest BCUT2D eigenvalue weighted by molar-refractivity contribution is -0.888. The molecule has 0 aromatic rings. The van der Waals surface area contributed by atoms with Gasteiger partial charge in [-0.1, -0.05) is 20.3 Å². The van der Waals surface area contributed by atoms with Gasteiger partial charge in [0.15, 0.2) is 0 Å². The Hall–Kier alpha value is -0.120. The van der Waals surface area contributed by atoms with Crippen molar-refractivity contribution in [2.24, 2.45) is 5.73 Å². The molecule has 3 N–H and O–H groups in total. The Morgan fingerprint density at radius 2 is 2.00 bits per heavy atom. The molecule has 0 bridgehead atoms. The van der Waals surface area contributed by atoms with Gasteiger partial charge in [0.25, 0.3) is 0 Å². The Morgan fingerprint density at radius 3 is 2.08 bits per heavy atom. The van der Waals surface area contributed by atoms with Crippen molar-refractivity contribution < 1.29 is 5.06 Å². The van der Waals surface area contributed by atoms with E-state index in [4.69, 9.17) is 5.73 Å². The predicted molar refractivity (Wildman–Crippen MR) is 51.8 cm³/mol. The molecule has 12 heavy (non-hydrogen) atoms. The Labute approximate surface area is 75.5 Å². The van der Waals surface area contributed by atoms with Crippen LogP contribution in [0.25, 0.3) is 0 Å². The van der Waals surface area contributed by atoms with E-state index in [1.165, 1.54) is 0 Å². The Balaban J connectivity index is 4.51. The first-order valence-electron chi connectivity index (χ1n) is 4.77. The highest BCUT2D eigenvalue weighted by Gasteiger charge is 2.36. The first-order chi connectivity index (χ1) is 5.51. The molecule has 3 heteroatoms. The van der Waals surface area contributed by atoms with E-state index < -0.39 is 0 Å². The zero-order valence-corrected chi connectivity index (χ0v) is 8.68. The lowest BCUT2D eigenvalue weighted by Crippen LogP contribution is -3.15. The van der Waals surface area contributed by atoms with E-state index in [0.717, 1.165) is 19.3 Å². The Kier molecular flexibility index (Phi) is 4.75. The van der Waals surface area contributed by atoms with Crippen molar-refractivity contribution in [1.29, 1.82) is 0 Å². The van der Waals surface area contributed by atoms with Gasteiger partial charge in [-0.25, -0.2) is 0 Å². The fourth-order valence-electron chi connectivity index (χ4n) is 1.92. The SMILES string of the molecule is CCCC(CC)(C(C)N)[NH+](C)[O-]. The highest BCUT2D eigenvalue weighted by molar-refractivity contribution is 4.85. The van der Waals surface area contributed by atoms with Gasteiger partial charge in [-0.2, -0.15) is 0 Å². The summed E-state index contributed by atoms with van der Waals surface area (Å²) < 4.78 is 0. The summed E-state index contributed by atoms with van der Waals surface area (Å²) in [6.45, 7) is 6.07. The summed E-state index contributed by atoms with van der Waals surface area (Å²) >= 11 is 0. The number of nitrogens with one attached hydrogen (secondary N) is 1. The summed E-state index contributed by atoms with van der Waals surface area (Å²) in [6.07, 6.45) is 2.79. The van der Waals surface area contributed by atoms with Crippen molar-refractivity contribution in [2.75, 3.05) is 7.05 Å². The molecule has 0 saturated heterocycles. The molecule has 0 rings (SSSR count). The van der Waals surface area contributed by atoms with E-state index in [0.29, 0.717) is 0 Å². The molecule has 0 amide bonds. The number of hydrogen-bond acceptors (Lipinski definition) is 2. The van der Waals surface area contributed by atoms with Gasteiger partial charge in [-0.05, 0) is 6.92 Å². The third kappa shape index (κ3) is 2.19. The standard InChI is InChI=1S/C9H22N2O/c1-5-7-9(6-2,8(3)10)11(4)12/h8,11H,5-7,10H2,1-4H3. The van der Waals surface area contributed by atoms with Crippen LogP contribution in [0.5, 0.6) is 0 Å². The number of rotatable bonds is 5. The fraction of sp³-hybridized carbons (Fsp3) is 1.00. The molecule has 0 fully saturated rings. The highest BCUT2D eigenvalue weighted by Crippen LogP contribution is 2.16. The number of likely N-dealkylation sites (N-methyl/N-ethyl adjacent to an activating group) is 1. The van der Waals surface area contributed by atoms with Gasteiger partial charge < -0.3 is 16.0 Å². The Morgan fingerprint density at radius 1 is 1.50 bits per heavy atom. The normalized spacial score (nSPS) is 21.5. The summed E-state index contributed by atoms with van der Waals surface area (Å²) in [7, 11) is 1.66. The number of hydroxylamine groups is 2. The lowest BCUT2D eigenvalue weighted by Gasteiger charge is -2.43. The molecule has 0 aromatic carbocycles. The van der Waals surface area contributed by atoms with Crippen molar-refractivity contribution in [2.45, 2.75) is 51.6 Å². The van der Waals surface area contributed by atoms with Gasteiger partial charge in [0, 0.05) is 12.8 Å². The zero-order valence-electron chi connectivity index (χ0n) is 8.68. The summed E-state index contributed by atoms with van der Waals surface area (Å²) in [6, 6.07) is -0.0278. The van der Waals surface area contributed by atoms with Gasteiger partial charge in [0.05, 0.1) is 13.1 Å². The minimum atomic E-state index is -0.269. The zero-order chi connectivity index (χ0) is 9.78. The summed E-state index contributed by atoms with van der Waals surface area (Å²) in [5, 5.41) is 11.7. The van der Waals surface area contributed by atoms with Gasteiger partial charge in [0.2, 0.25) is 0 Å². The topological polar surface area (TPSA) is 53.5 Å². The monoisotopic (exact) mass is 174 g/mol. The van der Waals surface area contributed by atoms with Crippen LogP contribution in [-0.4, -0.2) is 18.6 Å². The third-order valence-corrected chi connectivity index (χ3v) is 2.90. The molecule has 0 aliphatic rings. The van der Waals surface area contributed by atoms with Gasteiger partial charge >= 0.3 is 0 Å². The molecule has 0 aliphatic heterocycles. The van der Waals surface area contributed by atoms with Crippen LogP contribution in [0.3, 0.4) is 0 Å². The van der Waals surface area contributed by atoms with Crippen LogP contribution in [0.4, 0.5) is 0 Å². The van der Waals surface area contributed by atoms with Crippen molar-refractivity contribution in [3.05, 3.63) is 5.21 Å². The maximum absolute atomic E-state index is 11.4. The molecule has 3 nitrogen and oxygen atoms in total. The summed E-state index contributed by atoms with van der Waals surface area (Å²) in [5.74, 6) is 0. The average Bonchev–Trinajstić information content (AvgIpc) is 1.98. The minimum Gasteiger partial charge on any atom is -0.634 e. The first-order valence-corrected chi connectivity index (χ1v) is 4.77. The molecule has 0 aromatic heterocycles. The maximum Gasteiger partial charge on any atom is 0.112 e. The number of quaternary nitrogens is 1. The minimum absolute atomic E-state index is 0.0278. The van der Waals surface area contributed by atoms with Gasteiger partial charge in [0.1, 0.15) is 5.54 Å². The molecule has 0 radical (unpaired) electrons. The molecule has 3 unspecified atom stereocenters. The second-order valence-electron chi connectivity index (χ2n) is 3.60. The van der Waals surface area contributed by atoms with Crippen LogP contribution >= 0.6 is 0 Å². The molecular formula is C9H22N2O. The van der Waals surface area contributed by atoms with Crippen LogP contribution in [-0.2, 0) is 0 Å². The van der Waals surface area contributed by atoms with Gasteiger partial charge in [-0.15, -0.1) is 0 Å². The summed E-state index contributed by atoms with van der Waals surface area (Å²) in [4.78, 5) is 0. The first kappa shape index (κ1) is 11.9. The van der Waals surface area contributed by atoms with Crippen molar-refractivity contribution in [1.82, 2.24) is 0 Å². The number of hydrogen-bond donors (Lipinski definition) is 2. The van der Waals surface area contributed by atoms with Crippen LogP contribution in [0.1, 0.15) is 40.0 Å². The van der Waals surface area contributed by atoms with E-state index in [9.17, 15) is 5.21 Å². The second-order valence-corrected chi connectivity index (χ2v) is 3.60. The molecule has 0 heterocycles. The largest absolute Gasteiger partial charge is 0.634 e. The maximum atomic E-state index is 11.4. The molecular weight excluding hydrogens is 152 g/mol. The molecule has 3 atom stereocenters. The smallest absolute Gasteiger partial charge is 0.112 e. The van der Waals surface area contributed by atoms with Crippen molar-refractivity contribution in [3.63, 3.8) is 0 Å². The van der Waals surface area contributed by atoms with E-state index >= 15 is 0 Å².